The molecule has 0 spiro atoms. The molecule has 0 radical (unpaired) electrons. The van der Waals surface area contributed by atoms with Gasteiger partial charge in [-0.15, -0.1) is 11.3 Å². The van der Waals surface area contributed by atoms with Gasteiger partial charge in [-0.1, -0.05) is 11.6 Å². The van der Waals surface area contributed by atoms with Gasteiger partial charge >= 0.3 is 0 Å². The van der Waals surface area contributed by atoms with Crippen LogP contribution >= 0.6 is 22.9 Å². The van der Waals surface area contributed by atoms with Crippen molar-refractivity contribution in [2.75, 3.05) is 0 Å². The number of nitrogens with one attached hydrogen (secondary N) is 1. The van der Waals surface area contributed by atoms with Gasteiger partial charge in [0, 0.05) is 29.4 Å². The van der Waals surface area contributed by atoms with Crippen LogP contribution in [0.4, 0.5) is 0 Å². The summed E-state index contributed by atoms with van der Waals surface area (Å²) in [5.74, 6) is 0. The number of rotatable bonds is 3. The molecule has 0 fully saturated rings. The van der Waals surface area contributed by atoms with Gasteiger partial charge in [0.1, 0.15) is 0 Å². The Labute approximate surface area is 122 Å². The summed E-state index contributed by atoms with van der Waals surface area (Å²) >= 11 is 7.88. The van der Waals surface area contributed by atoms with E-state index in [0.29, 0.717) is 12.1 Å². The van der Waals surface area contributed by atoms with Crippen molar-refractivity contribution in [2.45, 2.75) is 38.3 Å². The van der Waals surface area contributed by atoms with Crippen LogP contribution in [0.2, 0.25) is 4.34 Å². The maximum atomic E-state index is 6.15. The summed E-state index contributed by atoms with van der Waals surface area (Å²) < 4.78 is 0.912. The summed E-state index contributed by atoms with van der Waals surface area (Å²) in [6, 6.07) is 7.04. The van der Waals surface area contributed by atoms with Gasteiger partial charge in [0.05, 0.1) is 4.34 Å². The molecule has 2 heterocycles. The third-order valence-corrected chi connectivity index (χ3v) is 5.08. The molecular formula is C15H17ClN2S. The predicted octanol–water partition coefficient (Wildman–Crippen LogP) is 4.52. The maximum Gasteiger partial charge on any atom is 0.0934 e. The van der Waals surface area contributed by atoms with E-state index >= 15 is 0 Å². The Kier molecular flexibility index (Phi) is 3.87. The van der Waals surface area contributed by atoms with Gasteiger partial charge in [0.25, 0.3) is 0 Å². The van der Waals surface area contributed by atoms with E-state index in [-0.39, 0.29) is 0 Å². The van der Waals surface area contributed by atoms with E-state index in [0.717, 1.165) is 4.34 Å². The zero-order valence-corrected chi connectivity index (χ0v) is 12.5. The van der Waals surface area contributed by atoms with E-state index in [1.54, 1.807) is 11.3 Å². The fraction of sp³-hybridized carbons (Fsp3) is 0.400. The molecule has 1 unspecified atom stereocenters. The molecule has 1 N–H and O–H groups in total. The van der Waals surface area contributed by atoms with Crippen LogP contribution in [-0.2, 0) is 6.42 Å². The topological polar surface area (TPSA) is 24.9 Å². The third kappa shape index (κ3) is 2.83. The molecule has 2 aromatic heterocycles. The predicted molar refractivity (Wildman–Crippen MR) is 80.8 cm³/mol. The van der Waals surface area contributed by atoms with Crippen molar-refractivity contribution in [3.05, 3.63) is 50.9 Å². The minimum atomic E-state index is 0.331. The van der Waals surface area contributed by atoms with Crippen molar-refractivity contribution < 1.29 is 0 Å². The highest BCUT2D eigenvalue weighted by molar-refractivity contribution is 7.16. The molecule has 4 heteroatoms. The molecule has 2 atom stereocenters. The SMILES string of the molecule is C[C@@H](NC1CCCc2sc(Cl)cc21)c1ccncc1. The lowest BCUT2D eigenvalue weighted by molar-refractivity contribution is 0.418. The molecule has 3 rings (SSSR count). The molecule has 2 nitrogen and oxygen atoms in total. The zero-order valence-electron chi connectivity index (χ0n) is 10.9. The fourth-order valence-electron chi connectivity index (χ4n) is 2.74. The molecule has 1 aliphatic rings. The highest BCUT2D eigenvalue weighted by Gasteiger charge is 2.24. The first-order valence-corrected chi connectivity index (χ1v) is 7.87. The number of fused-ring (bicyclic) bond motifs is 1. The fourth-order valence-corrected chi connectivity index (χ4v) is 4.13. The monoisotopic (exact) mass is 292 g/mol. The van der Waals surface area contributed by atoms with Crippen LogP contribution in [0.3, 0.4) is 0 Å². The summed E-state index contributed by atoms with van der Waals surface area (Å²) in [7, 11) is 0. The number of aromatic nitrogens is 1. The number of pyridine rings is 1. The van der Waals surface area contributed by atoms with E-state index in [9.17, 15) is 0 Å². The Bertz CT molecular complexity index is 553. The van der Waals surface area contributed by atoms with Crippen molar-refractivity contribution in [3.63, 3.8) is 0 Å². The Balaban J connectivity index is 1.77. The summed E-state index contributed by atoms with van der Waals surface area (Å²) in [4.78, 5) is 5.52. The molecule has 100 valence electrons. The van der Waals surface area contributed by atoms with Crippen LogP contribution in [-0.4, -0.2) is 4.98 Å². The first-order chi connectivity index (χ1) is 9.24. The lowest BCUT2D eigenvalue weighted by Crippen LogP contribution is -2.27. The quantitative estimate of drug-likeness (QED) is 0.899. The highest BCUT2D eigenvalue weighted by Crippen LogP contribution is 2.38. The van der Waals surface area contributed by atoms with Crippen molar-refractivity contribution >= 4 is 22.9 Å². The van der Waals surface area contributed by atoms with E-state index in [1.807, 2.05) is 12.4 Å². The Morgan fingerprint density at radius 1 is 1.42 bits per heavy atom. The van der Waals surface area contributed by atoms with Gasteiger partial charge in [0.2, 0.25) is 0 Å². The molecular weight excluding hydrogens is 276 g/mol. The second kappa shape index (κ2) is 5.61. The molecule has 0 amide bonds. The number of halogens is 1. The molecule has 0 bridgehead atoms. The van der Waals surface area contributed by atoms with Crippen LogP contribution in [0.25, 0.3) is 0 Å². The van der Waals surface area contributed by atoms with Gasteiger partial charge in [-0.2, -0.15) is 0 Å². The van der Waals surface area contributed by atoms with E-state index in [4.69, 9.17) is 11.6 Å². The van der Waals surface area contributed by atoms with E-state index in [1.165, 1.54) is 35.3 Å². The van der Waals surface area contributed by atoms with E-state index < -0.39 is 0 Å². The second-order valence-corrected chi connectivity index (χ2v) is 6.81. The van der Waals surface area contributed by atoms with Gasteiger partial charge in [0.15, 0.2) is 0 Å². The summed E-state index contributed by atoms with van der Waals surface area (Å²) in [5, 5.41) is 3.72. The van der Waals surface area contributed by atoms with Crippen molar-refractivity contribution in [1.82, 2.24) is 10.3 Å². The number of hydrogen-bond donors (Lipinski definition) is 1. The first kappa shape index (κ1) is 13.1. The maximum absolute atomic E-state index is 6.15. The minimum absolute atomic E-state index is 0.331. The van der Waals surface area contributed by atoms with Gasteiger partial charge in [-0.25, -0.2) is 0 Å². The molecule has 0 aliphatic heterocycles. The van der Waals surface area contributed by atoms with Crippen molar-refractivity contribution in [3.8, 4) is 0 Å². The Morgan fingerprint density at radius 3 is 3.00 bits per heavy atom. The molecule has 0 aromatic carbocycles. The average molecular weight is 293 g/mol. The Morgan fingerprint density at radius 2 is 2.21 bits per heavy atom. The molecule has 0 saturated heterocycles. The van der Waals surface area contributed by atoms with E-state index in [2.05, 4.69) is 35.4 Å². The van der Waals surface area contributed by atoms with Crippen LogP contribution in [0.1, 0.15) is 47.9 Å². The van der Waals surface area contributed by atoms with Crippen molar-refractivity contribution in [1.29, 1.82) is 0 Å². The molecule has 19 heavy (non-hydrogen) atoms. The standard InChI is InChI=1S/C15H17ClN2S/c1-10(11-5-7-17-8-6-11)18-13-3-2-4-14-12(13)9-15(16)19-14/h5-10,13,18H,2-4H2,1H3/t10-,13?/m1/s1. The molecule has 2 aromatic rings. The first-order valence-electron chi connectivity index (χ1n) is 6.68. The summed E-state index contributed by atoms with van der Waals surface area (Å²) in [5.41, 5.74) is 2.69. The highest BCUT2D eigenvalue weighted by atomic mass is 35.5. The lowest BCUT2D eigenvalue weighted by Gasteiger charge is -2.27. The lowest BCUT2D eigenvalue weighted by atomic mass is 9.93. The van der Waals surface area contributed by atoms with Crippen LogP contribution in [0.5, 0.6) is 0 Å². The number of hydrogen-bond acceptors (Lipinski definition) is 3. The third-order valence-electron chi connectivity index (χ3n) is 3.74. The minimum Gasteiger partial charge on any atom is -0.303 e. The molecule has 0 saturated carbocycles. The van der Waals surface area contributed by atoms with Crippen LogP contribution < -0.4 is 5.32 Å². The van der Waals surface area contributed by atoms with Crippen LogP contribution in [0.15, 0.2) is 30.6 Å². The largest absolute Gasteiger partial charge is 0.303 e. The smallest absolute Gasteiger partial charge is 0.0934 e. The van der Waals surface area contributed by atoms with Gasteiger partial charge in [-0.3, -0.25) is 4.98 Å². The number of nitrogens with zero attached hydrogens (tertiary/aromatic N) is 1. The van der Waals surface area contributed by atoms with Crippen molar-refractivity contribution in [2.24, 2.45) is 0 Å². The van der Waals surface area contributed by atoms with Crippen LogP contribution in [0, 0.1) is 0 Å². The summed E-state index contributed by atoms with van der Waals surface area (Å²) in [6.45, 7) is 2.21. The number of thiophene rings is 1. The zero-order chi connectivity index (χ0) is 13.2. The molecule has 1 aliphatic carbocycles. The Hall–Kier alpha value is -0.900. The number of aryl methyl sites for hydroxylation is 1. The summed E-state index contributed by atoms with van der Waals surface area (Å²) in [6.07, 6.45) is 7.30. The van der Waals surface area contributed by atoms with Gasteiger partial charge < -0.3 is 5.32 Å². The average Bonchev–Trinajstić information content (AvgIpc) is 2.81. The van der Waals surface area contributed by atoms with Gasteiger partial charge in [-0.05, 0) is 55.5 Å². The normalized spacial score (nSPS) is 20.0. The second-order valence-electron chi connectivity index (χ2n) is 5.04.